The fraction of sp³-hybridized carbons (Fsp3) is 1.00. The Morgan fingerprint density at radius 1 is 0.857 bits per heavy atom. The van der Waals surface area contributed by atoms with E-state index in [1.807, 2.05) is 0 Å². The summed E-state index contributed by atoms with van der Waals surface area (Å²) in [5.74, 6) is 0.626. The highest BCUT2D eigenvalue weighted by atomic mass is 17.1. The Labute approximate surface area is 86.6 Å². The molecule has 14 heavy (non-hydrogen) atoms. The minimum absolute atomic E-state index is 0.154. The lowest BCUT2D eigenvalue weighted by Gasteiger charge is -2.42. The van der Waals surface area contributed by atoms with Crippen LogP contribution in [-0.4, -0.2) is 10.9 Å². The van der Waals surface area contributed by atoms with Gasteiger partial charge in [-0.2, -0.15) is 0 Å². The number of hydrogen-bond donors (Lipinski definition) is 1. The molecular formula is C12H22O2. The van der Waals surface area contributed by atoms with Crippen molar-refractivity contribution in [3.63, 3.8) is 0 Å². The minimum atomic E-state index is -0.154. The molecule has 2 aliphatic carbocycles. The van der Waals surface area contributed by atoms with E-state index in [9.17, 15) is 5.26 Å². The van der Waals surface area contributed by atoms with Crippen molar-refractivity contribution in [3.05, 3.63) is 0 Å². The first-order valence-electron chi connectivity index (χ1n) is 6.20. The molecule has 0 aromatic rings. The monoisotopic (exact) mass is 198 g/mol. The molecular weight excluding hydrogens is 176 g/mol. The summed E-state index contributed by atoms with van der Waals surface area (Å²) >= 11 is 0. The van der Waals surface area contributed by atoms with E-state index in [0.717, 1.165) is 12.8 Å². The summed E-state index contributed by atoms with van der Waals surface area (Å²) in [4.78, 5) is 4.92. The van der Waals surface area contributed by atoms with Gasteiger partial charge in [0.25, 0.3) is 0 Å². The first-order chi connectivity index (χ1) is 6.87. The highest BCUT2D eigenvalue weighted by Gasteiger charge is 2.41. The molecule has 2 heteroatoms. The molecule has 0 amide bonds. The second-order valence-corrected chi connectivity index (χ2v) is 5.05. The molecule has 0 aliphatic heterocycles. The van der Waals surface area contributed by atoms with Crippen LogP contribution in [0.2, 0.25) is 0 Å². The predicted octanol–water partition coefficient (Wildman–Crippen LogP) is 3.76. The van der Waals surface area contributed by atoms with Gasteiger partial charge in [-0.3, -0.25) is 5.26 Å². The topological polar surface area (TPSA) is 29.5 Å². The second kappa shape index (κ2) is 4.63. The van der Waals surface area contributed by atoms with Gasteiger partial charge in [-0.05, 0) is 31.6 Å². The fourth-order valence-corrected chi connectivity index (χ4v) is 3.35. The van der Waals surface area contributed by atoms with Crippen molar-refractivity contribution in [2.45, 2.75) is 69.8 Å². The summed E-state index contributed by atoms with van der Waals surface area (Å²) in [7, 11) is 0. The van der Waals surface area contributed by atoms with Gasteiger partial charge >= 0.3 is 0 Å². The Bertz CT molecular complexity index is 167. The van der Waals surface area contributed by atoms with Crippen LogP contribution in [0.25, 0.3) is 0 Å². The first-order valence-corrected chi connectivity index (χ1v) is 6.20. The third kappa shape index (κ3) is 1.96. The molecule has 0 unspecified atom stereocenters. The highest BCUT2D eigenvalue weighted by Crippen LogP contribution is 2.43. The highest BCUT2D eigenvalue weighted by molar-refractivity contribution is 4.91. The van der Waals surface area contributed by atoms with E-state index in [4.69, 9.17) is 4.89 Å². The van der Waals surface area contributed by atoms with Crippen LogP contribution >= 0.6 is 0 Å². The zero-order valence-corrected chi connectivity index (χ0v) is 9.00. The molecule has 0 saturated heterocycles. The minimum Gasteiger partial charge on any atom is -0.251 e. The van der Waals surface area contributed by atoms with E-state index in [1.165, 1.54) is 51.4 Å². The first kappa shape index (κ1) is 10.4. The van der Waals surface area contributed by atoms with Gasteiger partial charge in [0.2, 0.25) is 0 Å². The molecule has 2 rings (SSSR count). The van der Waals surface area contributed by atoms with Crippen molar-refractivity contribution in [2.24, 2.45) is 5.92 Å². The molecule has 0 heterocycles. The van der Waals surface area contributed by atoms with Gasteiger partial charge in [0, 0.05) is 0 Å². The van der Waals surface area contributed by atoms with Gasteiger partial charge in [0.05, 0.1) is 0 Å². The second-order valence-electron chi connectivity index (χ2n) is 5.05. The Hall–Kier alpha value is -0.0800. The fourth-order valence-electron chi connectivity index (χ4n) is 3.35. The zero-order valence-electron chi connectivity index (χ0n) is 9.00. The van der Waals surface area contributed by atoms with Crippen LogP contribution in [0.1, 0.15) is 64.2 Å². The van der Waals surface area contributed by atoms with Crippen molar-refractivity contribution in [3.8, 4) is 0 Å². The largest absolute Gasteiger partial charge is 0.251 e. The van der Waals surface area contributed by atoms with Crippen LogP contribution in [0.3, 0.4) is 0 Å². The van der Waals surface area contributed by atoms with Gasteiger partial charge in [0.15, 0.2) is 0 Å². The lowest BCUT2D eigenvalue weighted by molar-refractivity contribution is -0.347. The molecule has 2 fully saturated rings. The standard InChI is InChI=1S/C12H22O2/c13-14-12(9-5-2-6-10-12)11-7-3-1-4-8-11/h11,13H,1-10H2. The maximum Gasteiger partial charge on any atom is 0.106 e. The SMILES string of the molecule is OOC1(C2CCCCC2)CCCCC1. The molecule has 2 aliphatic rings. The zero-order chi connectivity index (χ0) is 9.86. The molecule has 1 N–H and O–H groups in total. The van der Waals surface area contributed by atoms with E-state index >= 15 is 0 Å². The average molecular weight is 198 g/mol. The van der Waals surface area contributed by atoms with Crippen LogP contribution < -0.4 is 0 Å². The molecule has 0 spiro atoms. The van der Waals surface area contributed by atoms with Crippen molar-refractivity contribution in [1.29, 1.82) is 0 Å². The van der Waals surface area contributed by atoms with Gasteiger partial charge in [-0.15, -0.1) is 0 Å². The summed E-state index contributed by atoms with van der Waals surface area (Å²) in [5, 5.41) is 9.19. The molecule has 0 atom stereocenters. The predicted molar refractivity (Wildman–Crippen MR) is 56.1 cm³/mol. The van der Waals surface area contributed by atoms with E-state index in [2.05, 4.69) is 0 Å². The van der Waals surface area contributed by atoms with Gasteiger partial charge < -0.3 is 0 Å². The van der Waals surface area contributed by atoms with Crippen LogP contribution in [0, 0.1) is 5.92 Å². The normalized spacial score (nSPS) is 28.9. The van der Waals surface area contributed by atoms with E-state index in [0.29, 0.717) is 5.92 Å². The van der Waals surface area contributed by atoms with Crippen LogP contribution in [0.5, 0.6) is 0 Å². The maximum absolute atomic E-state index is 9.19. The molecule has 0 radical (unpaired) electrons. The third-order valence-electron chi connectivity index (χ3n) is 4.23. The summed E-state index contributed by atoms with van der Waals surface area (Å²) in [6.45, 7) is 0. The van der Waals surface area contributed by atoms with Crippen molar-refractivity contribution >= 4 is 0 Å². The summed E-state index contributed by atoms with van der Waals surface area (Å²) in [6.07, 6.45) is 12.5. The Balaban J connectivity index is 2.01. The molecule has 82 valence electrons. The van der Waals surface area contributed by atoms with Crippen molar-refractivity contribution < 1.29 is 10.1 Å². The Kier molecular flexibility index (Phi) is 3.45. The summed E-state index contributed by atoms with van der Waals surface area (Å²) in [6, 6.07) is 0. The third-order valence-corrected chi connectivity index (χ3v) is 4.23. The Morgan fingerprint density at radius 2 is 1.43 bits per heavy atom. The van der Waals surface area contributed by atoms with Gasteiger partial charge in [-0.1, -0.05) is 38.5 Å². The average Bonchev–Trinajstić information content (AvgIpc) is 2.31. The molecule has 0 aromatic heterocycles. The Morgan fingerprint density at radius 3 is 2.00 bits per heavy atom. The number of rotatable bonds is 2. The number of hydrogen-bond acceptors (Lipinski definition) is 2. The van der Waals surface area contributed by atoms with E-state index < -0.39 is 0 Å². The van der Waals surface area contributed by atoms with Crippen LogP contribution in [0.4, 0.5) is 0 Å². The maximum atomic E-state index is 9.19. The van der Waals surface area contributed by atoms with Crippen molar-refractivity contribution in [1.82, 2.24) is 0 Å². The summed E-state index contributed by atoms with van der Waals surface area (Å²) < 4.78 is 0. The molecule has 0 bridgehead atoms. The van der Waals surface area contributed by atoms with Gasteiger partial charge in [-0.25, -0.2) is 4.89 Å². The van der Waals surface area contributed by atoms with E-state index in [1.54, 1.807) is 0 Å². The molecule has 2 nitrogen and oxygen atoms in total. The van der Waals surface area contributed by atoms with Gasteiger partial charge in [0.1, 0.15) is 5.60 Å². The smallest absolute Gasteiger partial charge is 0.106 e. The lowest BCUT2D eigenvalue weighted by atomic mass is 9.70. The van der Waals surface area contributed by atoms with Crippen molar-refractivity contribution in [2.75, 3.05) is 0 Å². The summed E-state index contributed by atoms with van der Waals surface area (Å²) in [5.41, 5.74) is -0.154. The van der Waals surface area contributed by atoms with Crippen LogP contribution in [-0.2, 0) is 4.89 Å². The molecule has 2 saturated carbocycles. The lowest BCUT2D eigenvalue weighted by Crippen LogP contribution is -2.42. The van der Waals surface area contributed by atoms with E-state index in [-0.39, 0.29) is 5.60 Å². The van der Waals surface area contributed by atoms with Crippen LogP contribution in [0.15, 0.2) is 0 Å². The quantitative estimate of drug-likeness (QED) is 0.540. The molecule has 0 aromatic carbocycles.